The summed E-state index contributed by atoms with van der Waals surface area (Å²) in [6.45, 7) is 1.57. The van der Waals surface area contributed by atoms with E-state index in [1.165, 1.54) is 18.3 Å². The molecule has 10 heteroatoms. The highest BCUT2D eigenvalue weighted by atomic mass is 19.2. The van der Waals surface area contributed by atoms with Gasteiger partial charge < -0.3 is 21.3 Å². The van der Waals surface area contributed by atoms with Gasteiger partial charge in [-0.3, -0.25) is 4.79 Å². The molecule has 34 heavy (non-hydrogen) atoms. The lowest BCUT2D eigenvalue weighted by atomic mass is 9.99. The lowest BCUT2D eigenvalue weighted by molar-refractivity contribution is 0.100. The molecule has 0 spiro atoms. The van der Waals surface area contributed by atoms with Crippen LogP contribution in [0.25, 0.3) is 0 Å². The Balaban J connectivity index is 1.44. The minimum atomic E-state index is -0.943. The van der Waals surface area contributed by atoms with Crippen LogP contribution in [-0.2, 0) is 19.4 Å². The zero-order valence-corrected chi connectivity index (χ0v) is 18.5. The Bertz CT molecular complexity index is 1300. The molecule has 5 rings (SSSR count). The number of primary amides is 1. The van der Waals surface area contributed by atoms with E-state index in [0.717, 1.165) is 30.2 Å². The zero-order chi connectivity index (χ0) is 24.0. The Kier molecular flexibility index (Phi) is 5.60. The van der Waals surface area contributed by atoms with E-state index >= 15 is 0 Å². The van der Waals surface area contributed by atoms with Gasteiger partial charge in [-0.15, -0.1) is 0 Å². The predicted molar refractivity (Wildman–Crippen MR) is 121 cm³/mol. The van der Waals surface area contributed by atoms with Gasteiger partial charge in [0.05, 0.1) is 17.3 Å². The first-order valence-electron chi connectivity index (χ1n) is 11.0. The third-order valence-electron chi connectivity index (χ3n) is 6.36. The maximum atomic E-state index is 14.7. The molecule has 176 valence electrons. The fourth-order valence-corrected chi connectivity index (χ4v) is 4.58. The number of halogens is 3. The summed E-state index contributed by atoms with van der Waals surface area (Å²) in [6.07, 6.45) is 3.12. The van der Waals surface area contributed by atoms with Crippen molar-refractivity contribution in [3.05, 3.63) is 75.7 Å². The number of nitrogens with two attached hydrogens (primary N) is 1. The fourth-order valence-electron chi connectivity index (χ4n) is 4.58. The fraction of sp³-hybridized carbons (Fsp3) is 0.292. The van der Waals surface area contributed by atoms with E-state index in [2.05, 4.69) is 25.5 Å². The maximum absolute atomic E-state index is 14.7. The number of carbonyl (C=O) groups excluding carboxylic acids is 1. The quantitative estimate of drug-likeness (QED) is 0.527. The Hall–Kier alpha value is -3.66. The van der Waals surface area contributed by atoms with Crippen LogP contribution in [0.5, 0.6) is 0 Å². The standard InChI is InChI=1S/C24H23F3N6O/c1-33-5-4-12-6-19(27)21(8-14(12)11-33)31-24-29-10-16(22(28)34)23(32-24)30-20-3-2-13-7-17(25)18(26)9-15(13)20/h6-10,20H,2-5,11H2,1H3,(H2,28,34)(H2,29,30,31,32). The average molecular weight is 468 g/mol. The van der Waals surface area contributed by atoms with Crippen LogP contribution in [0.3, 0.4) is 0 Å². The van der Waals surface area contributed by atoms with E-state index in [1.807, 2.05) is 7.05 Å². The number of nitrogens with one attached hydrogen (secondary N) is 2. The SMILES string of the molecule is CN1CCc2cc(F)c(Nc3ncc(C(N)=O)c(NC4CCc5cc(F)c(F)cc54)n3)cc2C1. The molecular formula is C24H23F3N6O. The summed E-state index contributed by atoms with van der Waals surface area (Å²) in [4.78, 5) is 22.6. The molecule has 0 fully saturated rings. The predicted octanol–water partition coefficient (Wildman–Crippen LogP) is 3.82. The Labute approximate surface area is 194 Å². The number of likely N-dealkylation sites (N-methyl/N-ethyl adjacent to an activating group) is 1. The van der Waals surface area contributed by atoms with E-state index < -0.39 is 29.4 Å². The number of amides is 1. The number of aryl methyl sites for hydroxylation is 1. The van der Waals surface area contributed by atoms with E-state index in [9.17, 15) is 18.0 Å². The molecule has 2 aliphatic rings. The van der Waals surface area contributed by atoms with Gasteiger partial charge in [0.1, 0.15) is 11.6 Å². The van der Waals surface area contributed by atoms with Gasteiger partial charge in [-0.2, -0.15) is 4.98 Å². The molecule has 1 unspecified atom stereocenters. The number of benzene rings is 2. The van der Waals surface area contributed by atoms with Crippen molar-refractivity contribution < 1.29 is 18.0 Å². The summed E-state index contributed by atoms with van der Waals surface area (Å²) in [5.74, 6) is -2.82. The van der Waals surface area contributed by atoms with Crippen molar-refractivity contribution in [2.24, 2.45) is 5.73 Å². The summed E-state index contributed by atoms with van der Waals surface area (Å²) >= 11 is 0. The summed E-state index contributed by atoms with van der Waals surface area (Å²) in [6, 6.07) is 5.19. The normalized spacial score (nSPS) is 17.2. The number of fused-ring (bicyclic) bond motifs is 2. The highest BCUT2D eigenvalue weighted by molar-refractivity contribution is 5.97. The van der Waals surface area contributed by atoms with Gasteiger partial charge in [0.25, 0.3) is 5.91 Å². The first kappa shape index (κ1) is 22.1. The van der Waals surface area contributed by atoms with Crippen LogP contribution in [-0.4, -0.2) is 34.4 Å². The highest BCUT2D eigenvalue weighted by Gasteiger charge is 2.27. The van der Waals surface area contributed by atoms with Crippen molar-refractivity contribution in [2.45, 2.75) is 31.8 Å². The summed E-state index contributed by atoms with van der Waals surface area (Å²) in [5.41, 5.74) is 9.00. The van der Waals surface area contributed by atoms with Crippen LogP contribution in [0.2, 0.25) is 0 Å². The largest absolute Gasteiger partial charge is 0.365 e. The zero-order valence-electron chi connectivity index (χ0n) is 18.5. The Morgan fingerprint density at radius 2 is 1.82 bits per heavy atom. The van der Waals surface area contributed by atoms with Crippen molar-refractivity contribution in [1.29, 1.82) is 0 Å². The number of nitrogens with zero attached hydrogens (tertiary/aromatic N) is 3. The summed E-state index contributed by atoms with van der Waals surface area (Å²) in [7, 11) is 2.00. The monoisotopic (exact) mass is 468 g/mol. The summed E-state index contributed by atoms with van der Waals surface area (Å²) < 4.78 is 42.2. The van der Waals surface area contributed by atoms with Crippen LogP contribution >= 0.6 is 0 Å². The molecule has 1 amide bonds. The number of hydrogen-bond acceptors (Lipinski definition) is 6. The number of carbonyl (C=O) groups is 1. The molecule has 0 bridgehead atoms. The molecule has 0 saturated carbocycles. The number of hydrogen-bond donors (Lipinski definition) is 3. The second-order valence-electron chi connectivity index (χ2n) is 8.73. The first-order valence-corrected chi connectivity index (χ1v) is 11.0. The van der Waals surface area contributed by atoms with E-state index in [1.54, 1.807) is 6.07 Å². The van der Waals surface area contributed by atoms with Crippen molar-refractivity contribution in [3.63, 3.8) is 0 Å². The smallest absolute Gasteiger partial charge is 0.254 e. The molecule has 0 radical (unpaired) electrons. The molecule has 1 aliphatic heterocycles. The average Bonchev–Trinajstić information content (AvgIpc) is 3.16. The van der Waals surface area contributed by atoms with E-state index in [4.69, 9.17) is 5.73 Å². The second-order valence-corrected chi connectivity index (χ2v) is 8.73. The van der Waals surface area contributed by atoms with Gasteiger partial charge in [-0.05, 0) is 72.8 Å². The van der Waals surface area contributed by atoms with Gasteiger partial charge in [0, 0.05) is 19.3 Å². The minimum Gasteiger partial charge on any atom is -0.365 e. The van der Waals surface area contributed by atoms with Crippen molar-refractivity contribution in [3.8, 4) is 0 Å². The van der Waals surface area contributed by atoms with Crippen LogP contribution in [0.1, 0.15) is 45.1 Å². The highest BCUT2D eigenvalue weighted by Crippen LogP contribution is 2.36. The number of anilines is 3. The molecule has 1 aromatic heterocycles. The van der Waals surface area contributed by atoms with Crippen LogP contribution in [0, 0.1) is 17.5 Å². The number of rotatable bonds is 5. The van der Waals surface area contributed by atoms with Gasteiger partial charge in [-0.1, -0.05) is 0 Å². The van der Waals surface area contributed by atoms with Crippen LogP contribution in [0.4, 0.5) is 30.6 Å². The lowest BCUT2D eigenvalue weighted by Crippen LogP contribution is -2.26. The van der Waals surface area contributed by atoms with Gasteiger partial charge in [-0.25, -0.2) is 18.2 Å². The third kappa shape index (κ3) is 4.16. The van der Waals surface area contributed by atoms with Gasteiger partial charge in [0.15, 0.2) is 11.6 Å². The molecular weight excluding hydrogens is 445 g/mol. The molecule has 2 aromatic carbocycles. The molecule has 2 heterocycles. The molecule has 1 atom stereocenters. The van der Waals surface area contributed by atoms with Crippen molar-refractivity contribution in [1.82, 2.24) is 14.9 Å². The van der Waals surface area contributed by atoms with E-state index in [-0.39, 0.29) is 23.0 Å². The molecule has 7 nitrogen and oxygen atoms in total. The Morgan fingerprint density at radius 3 is 2.62 bits per heavy atom. The number of aromatic nitrogens is 2. The maximum Gasteiger partial charge on any atom is 0.254 e. The second kappa shape index (κ2) is 8.60. The molecule has 4 N–H and O–H groups in total. The van der Waals surface area contributed by atoms with Crippen LogP contribution in [0.15, 0.2) is 30.5 Å². The van der Waals surface area contributed by atoms with Gasteiger partial charge >= 0.3 is 0 Å². The van der Waals surface area contributed by atoms with Crippen LogP contribution < -0.4 is 16.4 Å². The first-order chi connectivity index (χ1) is 16.3. The molecule has 1 aliphatic carbocycles. The minimum absolute atomic E-state index is 0.0362. The third-order valence-corrected chi connectivity index (χ3v) is 6.36. The molecule has 0 saturated heterocycles. The van der Waals surface area contributed by atoms with Gasteiger partial charge in [0.2, 0.25) is 5.95 Å². The Morgan fingerprint density at radius 1 is 1.06 bits per heavy atom. The topological polar surface area (TPSA) is 96.2 Å². The van der Waals surface area contributed by atoms with Crippen molar-refractivity contribution >= 4 is 23.4 Å². The molecule has 3 aromatic rings. The lowest BCUT2D eigenvalue weighted by Gasteiger charge is -2.25. The van der Waals surface area contributed by atoms with E-state index in [0.29, 0.717) is 30.5 Å². The van der Waals surface area contributed by atoms with Crippen molar-refractivity contribution in [2.75, 3.05) is 24.2 Å². The summed E-state index contributed by atoms with van der Waals surface area (Å²) in [5, 5.41) is 6.00.